The molecule has 1 aromatic rings. The largest absolute Gasteiger partial charge is 0.388 e. The van der Waals surface area contributed by atoms with Crippen molar-refractivity contribution in [1.29, 1.82) is 0 Å². The highest BCUT2D eigenvalue weighted by Crippen LogP contribution is 2.30. The van der Waals surface area contributed by atoms with Crippen LogP contribution >= 0.6 is 35.0 Å². The zero-order chi connectivity index (χ0) is 14.0. The first-order valence-corrected chi connectivity index (χ1v) is 8.00. The summed E-state index contributed by atoms with van der Waals surface area (Å²) in [7, 11) is 0. The summed E-state index contributed by atoms with van der Waals surface area (Å²) in [4.78, 5) is 0. The molecule has 0 amide bonds. The molecule has 106 valence electrons. The summed E-state index contributed by atoms with van der Waals surface area (Å²) in [6, 6.07) is 2.61. The van der Waals surface area contributed by atoms with Crippen LogP contribution in [0.3, 0.4) is 0 Å². The molecule has 0 spiro atoms. The predicted octanol–water partition coefficient (Wildman–Crippen LogP) is 3.65. The molecule has 0 saturated carbocycles. The summed E-state index contributed by atoms with van der Waals surface area (Å²) in [5.74, 6) is 1.23. The van der Waals surface area contributed by atoms with E-state index >= 15 is 0 Å². The molecule has 19 heavy (non-hydrogen) atoms. The van der Waals surface area contributed by atoms with Crippen LogP contribution in [0.4, 0.5) is 4.39 Å². The van der Waals surface area contributed by atoms with E-state index in [9.17, 15) is 9.50 Å². The molecule has 1 fully saturated rings. The Kier molecular flexibility index (Phi) is 5.01. The monoisotopic (exact) mass is 323 g/mol. The fraction of sp³-hybridized carbons (Fsp3) is 0.538. The van der Waals surface area contributed by atoms with Gasteiger partial charge in [0.2, 0.25) is 0 Å². The first kappa shape index (κ1) is 15.4. The van der Waals surface area contributed by atoms with E-state index in [0.29, 0.717) is 17.1 Å². The maximum Gasteiger partial charge on any atom is 0.142 e. The summed E-state index contributed by atoms with van der Waals surface area (Å²) in [6.45, 7) is 2.36. The molecule has 1 aliphatic heterocycles. The van der Waals surface area contributed by atoms with Gasteiger partial charge in [0.05, 0.1) is 10.6 Å². The van der Waals surface area contributed by atoms with Crippen LogP contribution in [0.5, 0.6) is 0 Å². The van der Waals surface area contributed by atoms with Gasteiger partial charge < -0.3 is 10.4 Å². The number of nitrogens with one attached hydrogen (secondary N) is 1. The van der Waals surface area contributed by atoms with Crippen molar-refractivity contribution in [3.63, 3.8) is 0 Å². The molecule has 1 aromatic carbocycles. The van der Waals surface area contributed by atoms with E-state index in [0.717, 1.165) is 17.9 Å². The van der Waals surface area contributed by atoms with Gasteiger partial charge in [-0.05, 0) is 36.8 Å². The van der Waals surface area contributed by atoms with Gasteiger partial charge in [-0.1, -0.05) is 23.2 Å². The number of benzene rings is 1. The maximum atomic E-state index is 13.5. The highest BCUT2D eigenvalue weighted by atomic mass is 35.5. The lowest BCUT2D eigenvalue weighted by atomic mass is 10.0. The fourth-order valence-electron chi connectivity index (χ4n) is 2.06. The van der Waals surface area contributed by atoms with Gasteiger partial charge in [-0.2, -0.15) is 11.8 Å². The van der Waals surface area contributed by atoms with Crippen molar-refractivity contribution in [2.75, 3.05) is 18.1 Å². The van der Waals surface area contributed by atoms with E-state index < -0.39 is 11.4 Å². The van der Waals surface area contributed by atoms with Crippen LogP contribution in [0.1, 0.15) is 24.9 Å². The molecular formula is C13H16Cl2FNOS. The van der Waals surface area contributed by atoms with Crippen molar-refractivity contribution in [1.82, 2.24) is 5.32 Å². The number of aliphatic hydroxyl groups is 1. The normalized spacial score (nSPS) is 24.7. The van der Waals surface area contributed by atoms with E-state index in [1.54, 1.807) is 11.8 Å². The Morgan fingerprint density at radius 3 is 2.84 bits per heavy atom. The second kappa shape index (κ2) is 6.19. The van der Waals surface area contributed by atoms with Crippen molar-refractivity contribution < 1.29 is 9.50 Å². The van der Waals surface area contributed by atoms with Crippen LogP contribution in [-0.4, -0.2) is 28.8 Å². The highest BCUT2D eigenvalue weighted by Gasteiger charge is 2.31. The average molecular weight is 324 g/mol. The second-order valence-electron chi connectivity index (χ2n) is 4.92. The minimum absolute atomic E-state index is 0.0202. The SMILES string of the molecule is CC(NCC1(O)CCSC1)c1cc(F)c(Cl)cc1Cl. The Morgan fingerprint density at radius 2 is 2.21 bits per heavy atom. The molecule has 0 aliphatic carbocycles. The van der Waals surface area contributed by atoms with Gasteiger partial charge in [0.25, 0.3) is 0 Å². The molecular weight excluding hydrogens is 308 g/mol. The molecule has 0 bridgehead atoms. The van der Waals surface area contributed by atoms with Crippen molar-refractivity contribution in [3.05, 3.63) is 33.6 Å². The molecule has 2 atom stereocenters. The number of halogens is 3. The Hall–Kier alpha value is -0.000000000000000111. The van der Waals surface area contributed by atoms with Crippen LogP contribution in [0, 0.1) is 5.82 Å². The molecule has 6 heteroatoms. The lowest BCUT2D eigenvalue weighted by Gasteiger charge is -2.25. The zero-order valence-corrected chi connectivity index (χ0v) is 12.9. The molecule has 2 N–H and O–H groups in total. The van der Waals surface area contributed by atoms with Gasteiger partial charge in [-0.25, -0.2) is 4.39 Å². The summed E-state index contributed by atoms with van der Waals surface area (Å²) < 4.78 is 13.5. The van der Waals surface area contributed by atoms with Gasteiger partial charge in [0.1, 0.15) is 5.82 Å². The number of hydrogen-bond donors (Lipinski definition) is 2. The third kappa shape index (κ3) is 3.76. The van der Waals surface area contributed by atoms with E-state index in [1.165, 1.54) is 12.1 Å². The molecule has 1 heterocycles. The maximum absolute atomic E-state index is 13.5. The summed E-state index contributed by atoms with van der Waals surface area (Å²) in [5, 5.41) is 13.9. The van der Waals surface area contributed by atoms with Crippen LogP contribution in [-0.2, 0) is 0 Å². The number of hydrogen-bond acceptors (Lipinski definition) is 3. The van der Waals surface area contributed by atoms with Crippen LogP contribution in [0.15, 0.2) is 12.1 Å². The smallest absolute Gasteiger partial charge is 0.142 e. The Bertz CT molecular complexity index is 466. The number of rotatable bonds is 4. The molecule has 0 aromatic heterocycles. The predicted molar refractivity (Wildman–Crippen MR) is 79.7 cm³/mol. The lowest BCUT2D eigenvalue weighted by Crippen LogP contribution is -2.41. The highest BCUT2D eigenvalue weighted by molar-refractivity contribution is 7.99. The molecule has 2 unspecified atom stereocenters. The summed E-state index contributed by atoms with van der Waals surface area (Å²) in [6.07, 6.45) is 0.778. The van der Waals surface area contributed by atoms with E-state index in [4.69, 9.17) is 23.2 Å². The van der Waals surface area contributed by atoms with E-state index in [1.807, 2.05) is 6.92 Å². The zero-order valence-electron chi connectivity index (χ0n) is 10.5. The van der Waals surface area contributed by atoms with Crippen LogP contribution in [0.25, 0.3) is 0 Å². The minimum atomic E-state index is -0.670. The van der Waals surface area contributed by atoms with E-state index in [2.05, 4.69) is 5.32 Å². The average Bonchev–Trinajstić information content (AvgIpc) is 2.78. The van der Waals surface area contributed by atoms with Gasteiger partial charge in [0, 0.05) is 23.4 Å². The molecule has 1 saturated heterocycles. The van der Waals surface area contributed by atoms with Crippen molar-refractivity contribution in [3.8, 4) is 0 Å². The topological polar surface area (TPSA) is 32.3 Å². The van der Waals surface area contributed by atoms with Gasteiger partial charge in [0.15, 0.2) is 0 Å². The van der Waals surface area contributed by atoms with Crippen molar-refractivity contribution in [2.24, 2.45) is 0 Å². The standard InChI is InChI=1S/C13H16Cl2FNOS/c1-8(17-6-13(18)2-3-19-7-13)9-4-12(16)11(15)5-10(9)14/h4-5,8,17-18H,2-3,6-7H2,1H3. The molecule has 0 radical (unpaired) electrons. The summed E-state index contributed by atoms with van der Waals surface area (Å²) >= 11 is 13.5. The lowest BCUT2D eigenvalue weighted by molar-refractivity contribution is 0.0651. The Morgan fingerprint density at radius 1 is 1.47 bits per heavy atom. The van der Waals surface area contributed by atoms with Crippen LogP contribution < -0.4 is 5.32 Å². The number of thioether (sulfide) groups is 1. The minimum Gasteiger partial charge on any atom is -0.388 e. The first-order chi connectivity index (χ1) is 8.91. The van der Waals surface area contributed by atoms with Crippen molar-refractivity contribution >= 4 is 35.0 Å². The Balaban J connectivity index is 2.03. The summed E-state index contributed by atoms with van der Waals surface area (Å²) in [5.41, 5.74) is -0.0195. The molecule has 2 nitrogen and oxygen atoms in total. The van der Waals surface area contributed by atoms with Gasteiger partial charge >= 0.3 is 0 Å². The second-order valence-corrected chi connectivity index (χ2v) is 6.84. The van der Waals surface area contributed by atoms with E-state index in [-0.39, 0.29) is 11.1 Å². The molecule has 2 rings (SSSR count). The van der Waals surface area contributed by atoms with Gasteiger partial charge in [-0.3, -0.25) is 0 Å². The first-order valence-electron chi connectivity index (χ1n) is 6.09. The van der Waals surface area contributed by atoms with Crippen molar-refractivity contribution in [2.45, 2.75) is 25.0 Å². The van der Waals surface area contributed by atoms with Crippen LogP contribution in [0.2, 0.25) is 10.0 Å². The molecule has 1 aliphatic rings. The quantitative estimate of drug-likeness (QED) is 0.829. The third-order valence-corrected chi connectivity index (χ3v) is 5.18. The third-order valence-electron chi connectivity index (χ3n) is 3.33. The van der Waals surface area contributed by atoms with Gasteiger partial charge in [-0.15, -0.1) is 0 Å². The fourth-order valence-corrected chi connectivity index (χ4v) is 3.90. The Labute approximate surface area is 126 Å².